The Morgan fingerprint density at radius 1 is 1.33 bits per heavy atom. The van der Waals surface area contributed by atoms with E-state index in [1.165, 1.54) is 4.90 Å². The van der Waals surface area contributed by atoms with Gasteiger partial charge in [-0.05, 0) is 30.5 Å². The van der Waals surface area contributed by atoms with E-state index in [-0.39, 0.29) is 12.1 Å². The minimum Gasteiger partial charge on any atom is -0.359 e. The highest BCUT2D eigenvalue weighted by Gasteiger charge is 2.38. The van der Waals surface area contributed by atoms with Crippen LogP contribution in [-0.2, 0) is 6.54 Å². The minimum absolute atomic E-state index is 0.0251. The zero-order valence-electron chi connectivity index (χ0n) is 12.2. The van der Waals surface area contributed by atoms with Gasteiger partial charge >= 0.3 is 6.18 Å². The van der Waals surface area contributed by atoms with Gasteiger partial charge in [-0.25, -0.2) is 0 Å². The van der Waals surface area contributed by atoms with E-state index in [0.29, 0.717) is 17.3 Å². The molecule has 0 heterocycles. The molecule has 0 unspecified atom stereocenters. The zero-order valence-corrected chi connectivity index (χ0v) is 12.9. The number of nitrogens with one attached hydrogen (secondary N) is 1. The molecule has 6 heteroatoms. The van der Waals surface area contributed by atoms with E-state index in [1.54, 1.807) is 18.2 Å². The van der Waals surface area contributed by atoms with Gasteiger partial charge in [0.25, 0.3) is 0 Å². The van der Waals surface area contributed by atoms with Crippen LogP contribution in [0.15, 0.2) is 18.2 Å². The van der Waals surface area contributed by atoms with Crippen molar-refractivity contribution in [1.82, 2.24) is 5.32 Å². The van der Waals surface area contributed by atoms with E-state index in [2.05, 4.69) is 5.32 Å². The number of anilines is 1. The van der Waals surface area contributed by atoms with E-state index in [9.17, 15) is 13.2 Å². The second-order valence-corrected chi connectivity index (χ2v) is 6.22. The standard InChI is InChI=1S/C15H20ClF3N2/c1-10(2)20-8-11-3-4-12(16)7-14(11)21(13-5-6-13)9-15(17,18)19/h3-4,7,10,13,20H,5-6,8-9H2,1-2H3. The average Bonchev–Trinajstić information content (AvgIpc) is 3.17. The Morgan fingerprint density at radius 3 is 2.52 bits per heavy atom. The average molecular weight is 321 g/mol. The summed E-state index contributed by atoms with van der Waals surface area (Å²) >= 11 is 5.99. The first-order valence-electron chi connectivity index (χ1n) is 7.11. The summed E-state index contributed by atoms with van der Waals surface area (Å²) in [6.45, 7) is 3.62. The summed E-state index contributed by atoms with van der Waals surface area (Å²) in [4.78, 5) is 1.45. The monoisotopic (exact) mass is 320 g/mol. The highest BCUT2D eigenvalue weighted by atomic mass is 35.5. The van der Waals surface area contributed by atoms with Gasteiger partial charge in [0, 0.05) is 29.3 Å². The molecule has 21 heavy (non-hydrogen) atoms. The molecule has 0 amide bonds. The summed E-state index contributed by atoms with van der Waals surface area (Å²) in [5.41, 5.74) is 1.44. The molecule has 0 aromatic heterocycles. The molecule has 2 nitrogen and oxygen atoms in total. The van der Waals surface area contributed by atoms with Crippen molar-refractivity contribution in [2.75, 3.05) is 11.4 Å². The fourth-order valence-corrected chi connectivity index (χ4v) is 2.42. The predicted octanol–water partition coefficient (Wildman–Crippen LogP) is 4.37. The molecule has 1 fully saturated rings. The van der Waals surface area contributed by atoms with Crippen LogP contribution >= 0.6 is 11.6 Å². The van der Waals surface area contributed by atoms with Crippen molar-refractivity contribution in [3.8, 4) is 0 Å². The van der Waals surface area contributed by atoms with Gasteiger partial charge < -0.3 is 10.2 Å². The molecule has 0 spiro atoms. The molecule has 0 radical (unpaired) electrons. The molecule has 1 aromatic rings. The fraction of sp³-hybridized carbons (Fsp3) is 0.600. The Bertz CT molecular complexity index is 484. The topological polar surface area (TPSA) is 15.3 Å². The van der Waals surface area contributed by atoms with Crippen molar-refractivity contribution in [3.63, 3.8) is 0 Å². The quantitative estimate of drug-likeness (QED) is 0.837. The molecule has 118 valence electrons. The van der Waals surface area contributed by atoms with Gasteiger partial charge in [0.1, 0.15) is 6.54 Å². The number of hydrogen-bond acceptors (Lipinski definition) is 2. The molecule has 0 atom stereocenters. The molecule has 0 saturated heterocycles. The van der Waals surface area contributed by atoms with E-state index >= 15 is 0 Å². The van der Waals surface area contributed by atoms with Crippen molar-refractivity contribution in [2.45, 2.75) is 51.5 Å². The van der Waals surface area contributed by atoms with E-state index < -0.39 is 12.7 Å². The molecule has 0 aliphatic heterocycles. The minimum atomic E-state index is -4.21. The van der Waals surface area contributed by atoms with Crippen LogP contribution in [0.25, 0.3) is 0 Å². The van der Waals surface area contributed by atoms with Gasteiger partial charge in [0.2, 0.25) is 0 Å². The van der Waals surface area contributed by atoms with Crippen LogP contribution in [0.5, 0.6) is 0 Å². The number of hydrogen-bond donors (Lipinski definition) is 1. The van der Waals surface area contributed by atoms with E-state index in [1.807, 2.05) is 13.8 Å². The summed E-state index contributed by atoms with van der Waals surface area (Å²) in [6.07, 6.45) is -2.60. The van der Waals surface area contributed by atoms with Crippen molar-refractivity contribution < 1.29 is 13.2 Å². The Hall–Kier alpha value is -0.940. The molecule has 1 aliphatic carbocycles. The summed E-state index contributed by atoms with van der Waals surface area (Å²) in [6, 6.07) is 5.41. The summed E-state index contributed by atoms with van der Waals surface area (Å²) in [5.74, 6) is 0. The third-order valence-corrected chi connectivity index (χ3v) is 3.63. The van der Waals surface area contributed by atoms with Crippen molar-refractivity contribution in [3.05, 3.63) is 28.8 Å². The van der Waals surface area contributed by atoms with Crippen LogP contribution in [0.2, 0.25) is 5.02 Å². The summed E-state index contributed by atoms with van der Waals surface area (Å²) in [7, 11) is 0. The van der Waals surface area contributed by atoms with Gasteiger partial charge in [0.15, 0.2) is 0 Å². The normalized spacial score (nSPS) is 15.6. The van der Waals surface area contributed by atoms with E-state index in [0.717, 1.165) is 18.4 Å². The molecular weight excluding hydrogens is 301 g/mol. The zero-order chi connectivity index (χ0) is 15.6. The third-order valence-electron chi connectivity index (χ3n) is 3.39. The Morgan fingerprint density at radius 2 is 2.00 bits per heavy atom. The lowest BCUT2D eigenvalue weighted by molar-refractivity contribution is -0.120. The maximum Gasteiger partial charge on any atom is 0.405 e. The fourth-order valence-electron chi connectivity index (χ4n) is 2.26. The lowest BCUT2D eigenvalue weighted by Crippen LogP contribution is -2.37. The predicted molar refractivity (Wildman–Crippen MR) is 79.9 cm³/mol. The first-order chi connectivity index (χ1) is 9.76. The lowest BCUT2D eigenvalue weighted by Gasteiger charge is -2.28. The smallest absolute Gasteiger partial charge is 0.359 e. The lowest BCUT2D eigenvalue weighted by atomic mass is 10.1. The highest BCUT2D eigenvalue weighted by Crippen LogP contribution is 2.37. The van der Waals surface area contributed by atoms with Gasteiger partial charge in [-0.15, -0.1) is 0 Å². The van der Waals surface area contributed by atoms with Crippen molar-refractivity contribution in [1.29, 1.82) is 0 Å². The molecule has 1 aliphatic rings. The van der Waals surface area contributed by atoms with Crippen LogP contribution < -0.4 is 10.2 Å². The SMILES string of the molecule is CC(C)NCc1ccc(Cl)cc1N(CC(F)(F)F)C1CC1. The van der Waals surface area contributed by atoms with Gasteiger partial charge in [-0.3, -0.25) is 0 Å². The third kappa shape index (κ3) is 5.08. The largest absolute Gasteiger partial charge is 0.405 e. The Kier molecular flexibility index (Phi) is 5.04. The van der Waals surface area contributed by atoms with Crippen LogP contribution in [0.1, 0.15) is 32.3 Å². The molecule has 2 rings (SSSR count). The van der Waals surface area contributed by atoms with Crippen LogP contribution in [-0.4, -0.2) is 24.8 Å². The maximum absolute atomic E-state index is 12.8. The first-order valence-corrected chi connectivity index (χ1v) is 7.49. The Labute approximate surface area is 128 Å². The number of nitrogens with zero attached hydrogens (tertiary/aromatic N) is 1. The number of benzene rings is 1. The summed E-state index contributed by atoms with van der Waals surface area (Å²) < 4.78 is 38.5. The van der Waals surface area contributed by atoms with Gasteiger partial charge in [0.05, 0.1) is 0 Å². The van der Waals surface area contributed by atoms with E-state index in [4.69, 9.17) is 11.6 Å². The van der Waals surface area contributed by atoms with Crippen LogP contribution in [0.4, 0.5) is 18.9 Å². The van der Waals surface area contributed by atoms with Gasteiger partial charge in [-0.2, -0.15) is 13.2 Å². The van der Waals surface area contributed by atoms with Crippen LogP contribution in [0, 0.1) is 0 Å². The molecule has 1 saturated carbocycles. The number of rotatable bonds is 6. The maximum atomic E-state index is 12.8. The first kappa shape index (κ1) is 16.4. The number of alkyl halides is 3. The van der Waals surface area contributed by atoms with Crippen molar-refractivity contribution >= 4 is 17.3 Å². The summed E-state index contributed by atoms with van der Waals surface area (Å²) in [5, 5.41) is 3.71. The highest BCUT2D eigenvalue weighted by molar-refractivity contribution is 6.30. The second-order valence-electron chi connectivity index (χ2n) is 5.78. The molecule has 0 bridgehead atoms. The number of halogens is 4. The molecule has 1 aromatic carbocycles. The van der Waals surface area contributed by atoms with Crippen LogP contribution in [0.3, 0.4) is 0 Å². The molecular formula is C15H20ClF3N2. The van der Waals surface area contributed by atoms with Gasteiger partial charge in [-0.1, -0.05) is 31.5 Å². The van der Waals surface area contributed by atoms with Crippen molar-refractivity contribution in [2.24, 2.45) is 0 Å². The molecule has 1 N–H and O–H groups in total. The second kappa shape index (κ2) is 6.44. The Balaban J connectivity index is 2.27.